The highest BCUT2D eigenvalue weighted by Gasteiger charge is 2.31. The van der Waals surface area contributed by atoms with Gasteiger partial charge in [0.25, 0.3) is 5.91 Å². The van der Waals surface area contributed by atoms with Crippen molar-refractivity contribution in [1.82, 2.24) is 14.5 Å². The highest BCUT2D eigenvalue weighted by atomic mass is 35.5. The number of imidazole rings is 1. The summed E-state index contributed by atoms with van der Waals surface area (Å²) in [7, 11) is 1.39. The van der Waals surface area contributed by atoms with E-state index in [1.165, 1.54) is 34.8 Å². The lowest BCUT2D eigenvalue weighted by Gasteiger charge is -2.17. The molecule has 0 fully saturated rings. The molecule has 1 heterocycles. The van der Waals surface area contributed by atoms with Gasteiger partial charge in [-0.05, 0) is 42.0 Å². The molecule has 226 valence electrons. The number of anilines is 2. The summed E-state index contributed by atoms with van der Waals surface area (Å²) in [4.78, 5) is 42.2. The second-order valence-corrected chi connectivity index (χ2v) is 8.77. The summed E-state index contributed by atoms with van der Waals surface area (Å²) in [6.07, 6.45) is -8.16. The molecule has 0 aliphatic rings. The van der Waals surface area contributed by atoms with Gasteiger partial charge in [0.15, 0.2) is 5.82 Å². The van der Waals surface area contributed by atoms with E-state index in [0.717, 1.165) is 36.4 Å². The molecule has 0 aliphatic carbocycles. The fraction of sp³-hybridized carbons (Fsp3) is 0.280. The van der Waals surface area contributed by atoms with Gasteiger partial charge in [0, 0.05) is 25.5 Å². The van der Waals surface area contributed by atoms with Crippen LogP contribution in [0, 0.1) is 0 Å². The van der Waals surface area contributed by atoms with Crippen molar-refractivity contribution in [1.29, 1.82) is 0 Å². The minimum absolute atomic E-state index is 0.0497. The maximum atomic E-state index is 13.1. The van der Waals surface area contributed by atoms with Gasteiger partial charge >= 0.3 is 24.5 Å². The van der Waals surface area contributed by atoms with E-state index in [0.29, 0.717) is 5.56 Å². The molecule has 3 aromatic rings. The summed E-state index contributed by atoms with van der Waals surface area (Å²) in [5, 5.41) is 4.76. The molecule has 1 aromatic heterocycles. The van der Waals surface area contributed by atoms with Gasteiger partial charge in [0.2, 0.25) is 5.82 Å². The number of halogens is 7. The van der Waals surface area contributed by atoms with Crippen molar-refractivity contribution >= 4 is 41.0 Å². The van der Waals surface area contributed by atoms with E-state index in [4.69, 9.17) is 16.3 Å². The van der Waals surface area contributed by atoms with E-state index < -0.39 is 41.8 Å². The lowest BCUT2D eigenvalue weighted by Crippen LogP contribution is -2.33. The van der Waals surface area contributed by atoms with Gasteiger partial charge < -0.3 is 24.3 Å². The third-order valence-electron chi connectivity index (χ3n) is 5.33. The number of nitrogens with zero attached hydrogens (tertiary/aromatic N) is 3. The van der Waals surface area contributed by atoms with Crippen molar-refractivity contribution in [3.05, 3.63) is 71.7 Å². The number of amides is 3. The molecular weight excluding hydrogens is 600 g/mol. The van der Waals surface area contributed by atoms with E-state index in [-0.39, 0.29) is 42.9 Å². The van der Waals surface area contributed by atoms with Crippen LogP contribution in [-0.2, 0) is 22.3 Å². The molecule has 0 saturated carbocycles. The van der Waals surface area contributed by atoms with E-state index in [1.807, 2.05) is 0 Å². The molecule has 0 radical (unpaired) electrons. The molecule has 2 N–H and O–H groups in total. The van der Waals surface area contributed by atoms with Gasteiger partial charge in [-0.2, -0.15) is 13.2 Å². The number of nitrogens with one attached hydrogen (secondary N) is 2. The Morgan fingerprint density at radius 2 is 1.62 bits per heavy atom. The number of alkyl halides is 7. The number of rotatable bonds is 10. The molecule has 0 spiro atoms. The zero-order valence-electron chi connectivity index (χ0n) is 21.6. The number of likely N-dealkylation sites (N-methyl/N-ethyl adjacent to an activating group) is 1. The van der Waals surface area contributed by atoms with Crippen LogP contribution in [0.3, 0.4) is 0 Å². The van der Waals surface area contributed by atoms with Crippen LogP contribution in [0.2, 0.25) is 0 Å². The van der Waals surface area contributed by atoms with Crippen molar-refractivity contribution in [2.75, 3.05) is 36.7 Å². The lowest BCUT2D eigenvalue weighted by molar-refractivity contribution is -0.274. The van der Waals surface area contributed by atoms with Gasteiger partial charge in [0.05, 0.1) is 12.1 Å². The molecule has 0 aliphatic heterocycles. The summed E-state index contributed by atoms with van der Waals surface area (Å²) in [5.41, 5.74) is -0.379. The minimum Gasteiger partial charge on any atom is -0.463 e. The van der Waals surface area contributed by atoms with Crippen molar-refractivity contribution in [3.63, 3.8) is 0 Å². The Balaban J connectivity index is 1.77. The molecule has 0 saturated heterocycles. The SMILES string of the molecule is CN(CCOC(=O)CCl)C(=O)c1nc(NC(=O)Nc2ccc(OC(F)(F)F)cc2)cn1Cc1ccc(C(F)(F)F)cc1. The zero-order chi connectivity index (χ0) is 31.1. The molecule has 3 amide bonds. The van der Waals surface area contributed by atoms with Crippen LogP contribution < -0.4 is 15.4 Å². The van der Waals surface area contributed by atoms with E-state index in [9.17, 15) is 40.7 Å². The normalized spacial score (nSPS) is 11.5. The van der Waals surface area contributed by atoms with Gasteiger partial charge in [-0.1, -0.05) is 12.1 Å². The van der Waals surface area contributed by atoms with Crippen LogP contribution >= 0.6 is 11.6 Å². The van der Waals surface area contributed by atoms with Crippen LogP contribution in [0.4, 0.5) is 42.6 Å². The number of ether oxygens (including phenoxy) is 2. The number of hydrogen-bond acceptors (Lipinski definition) is 6. The number of urea groups is 1. The number of hydrogen-bond donors (Lipinski definition) is 2. The second-order valence-electron chi connectivity index (χ2n) is 8.50. The average molecular weight is 622 g/mol. The summed E-state index contributed by atoms with van der Waals surface area (Å²) >= 11 is 5.37. The Morgan fingerprint density at radius 3 is 2.19 bits per heavy atom. The smallest absolute Gasteiger partial charge is 0.463 e. The van der Waals surface area contributed by atoms with Crippen molar-refractivity contribution in [3.8, 4) is 5.75 Å². The van der Waals surface area contributed by atoms with E-state index in [1.54, 1.807) is 0 Å². The predicted molar refractivity (Wildman–Crippen MR) is 137 cm³/mol. The van der Waals surface area contributed by atoms with Crippen LogP contribution in [-0.4, -0.2) is 64.8 Å². The van der Waals surface area contributed by atoms with Crippen LogP contribution in [0.5, 0.6) is 5.75 Å². The standard InChI is InChI=1S/C25H22ClF6N5O5/c1-36(10-11-41-20(38)12-26)22(39)21-34-19(14-37(21)13-15-2-4-16(5-3-15)24(27,28)29)35-23(40)33-17-6-8-18(9-7-17)42-25(30,31)32/h2-9,14H,10-13H2,1H3,(H2,33,35,40). The first kappa shape index (κ1) is 32.0. The molecule has 3 rings (SSSR count). The van der Waals surface area contributed by atoms with Crippen LogP contribution in [0.1, 0.15) is 21.7 Å². The monoisotopic (exact) mass is 621 g/mol. The molecule has 0 atom stereocenters. The first-order valence-corrected chi connectivity index (χ1v) is 12.3. The number of benzene rings is 2. The topological polar surface area (TPSA) is 115 Å². The van der Waals surface area contributed by atoms with Crippen molar-refractivity contribution < 1.29 is 50.2 Å². The Hall–Kier alpha value is -4.47. The molecule has 42 heavy (non-hydrogen) atoms. The molecule has 10 nitrogen and oxygen atoms in total. The van der Waals surface area contributed by atoms with Crippen LogP contribution in [0.25, 0.3) is 0 Å². The van der Waals surface area contributed by atoms with E-state index in [2.05, 4.69) is 20.4 Å². The Kier molecular flexibility index (Phi) is 10.3. The summed E-state index contributed by atoms with van der Waals surface area (Å²) < 4.78 is 85.8. The maximum Gasteiger partial charge on any atom is 0.573 e. The summed E-state index contributed by atoms with van der Waals surface area (Å²) in [5.74, 6) is -2.57. The average Bonchev–Trinajstić information content (AvgIpc) is 3.29. The van der Waals surface area contributed by atoms with Gasteiger partial charge in [-0.15, -0.1) is 24.8 Å². The first-order chi connectivity index (χ1) is 19.6. The van der Waals surface area contributed by atoms with Crippen LogP contribution in [0.15, 0.2) is 54.7 Å². The lowest BCUT2D eigenvalue weighted by atomic mass is 10.1. The zero-order valence-corrected chi connectivity index (χ0v) is 22.3. The third-order valence-corrected chi connectivity index (χ3v) is 5.55. The fourth-order valence-electron chi connectivity index (χ4n) is 3.39. The van der Waals surface area contributed by atoms with Gasteiger partial charge in [-0.25, -0.2) is 9.78 Å². The Bertz CT molecular complexity index is 1390. The number of carbonyl (C=O) groups excluding carboxylic acids is 3. The van der Waals surface area contributed by atoms with E-state index >= 15 is 0 Å². The molecule has 0 bridgehead atoms. The maximum absolute atomic E-state index is 13.1. The fourth-order valence-corrected chi connectivity index (χ4v) is 3.47. The molecule has 17 heteroatoms. The third kappa shape index (κ3) is 9.57. The highest BCUT2D eigenvalue weighted by Crippen LogP contribution is 2.29. The quantitative estimate of drug-likeness (QED) is 0.179. The molecule has 0 unspecified atom stereocenters. The first-order valence-electron chi connectivity index (χ1n) is 11.8. The number of esters is 1. The van der Waals surface area contributed by atoms with Gasteiger partial charge in [-0.3, -0.25) is 14.9 Å². The number of aromatic nitrogens is 2. The van der Waals surface area contributed by atoms with Gasteiger partial charge in [0.1, 0.15) is 18.2 Å². The molecule has 2 aromatic carbocycles. The Labute approximate surface area is 239 Å². The minimum atomic E-state index is -4.89. The van der Waals surface area contributed by atoms with Crippen molar-refractivity contribution in [2.24, 2.45) is 0 Å². The second kappa shape index (κ2) is 13.5. The van der Waals surface area contributed by atoms with Crippen molar-refractivity contribution in [2.45, 2.75) is 19.1 Å². The Morgan fingerprint density at radius 1 is 0.976 bits per heavy atom. The predicted octanol–water partition coefficient (Wildman–Crippen LogP) is 5.35. The summed E-state index contributed by atoms with van der Waals surface area (Å²) in [6.45, 7) is -0.329. The molecular formula is C25H22ClF6N5O5. The number of carbonyl (C=O) groups is 3. The largest absolute Gasteiger partial charge is 0.573 e. The highest BCUT2D eigenvalue weighted by molar-refractivity contribution is 6.26. The summed E-state index contributed by atoms with van der Waals surface area (Å²) in [6, 6.07) is 7.62.